The first-order valence-corrected chi connectivity index (χ1v) is 4.08. The zero-order valence-electron chi connectivity index (χ0n) is 8.70. The fourth-order valence-electron chi connectivity index (χ4n) is 0.962. The van der Waals surface area contributed by atoms with Crippen LogP contribution < -0.4 is 56.1 Å². The van der Waals surface area contributed by atoms with Crippen LogP contribution in [0.1, 0.15) is 0 Å². The zero-order chi connectivity index (χ0) is 12.3. The van der Waals surface area contributed by atoms with Crippen LogP contribution in [0.3, 0.4) is 0 Å². The van der Waals surface area contributed by atoms with Crippen molar-refractivity contribution in [1.82, 2.24) is 0 Å². The second kappa shape index (κ2) is 6.69. The van der Waals surface area contributed by atoms with Crippen LogP contribution in [0.5, 0.6) is 5.75 Å². The molecule has 17 heavy (non-hydrogen) atoms. The molecule has 0 N–H and O–H groups in total. The predicted octanol–water partition coefficient (Wildman–Crippen LogP) is -0.497. The monoisotopic (exact) mass is 277 g/mol. The number of para-hydroxylation sites is 1. The van der Waals surface area contributed by atoms with E-state index in [2.05, 4.69) is 4.74 Å². The standard InChI is InChI=1S/C7H5BF4NO3.K/c9-5-2-1-3-6(13(14)15)7(5)16-4-8(10,11)12;/h1-3H,4H2;/q-1;+1. The summed E-state index contributed by atoms with van der Waals surface area (Å²) >= 11 is 0. The van der Waals surface area contributed by atoms with Crippen molar-refractivity contribution in [1.29, 1.82) is 0 Å². The number of hydrogen-bond acceptors (Lipinski definition) is 3. The van der Waals surface area contributed by atoms with Gasteiger partial charge in [-0.25, -0.2) is 4.39 Å². The van der Waals surface area contributed by atoms with E-state index in [9.17, 15) is 27.5 Å². The summed E-state index contributed by atoms with van der Waals surface area (Å²) in [5, 5.41) is 10.4. The molecule has 10 heteroatoms. The zero-order valence-corrected chi connectivity index (χ0v) is 11.8. The number of rotatable bonds is 4. The Morgan fingerprint density at radius 1 is 1.35 bits per heavy atom. The fraction of sp³-hybridized carbons (Fsp3) is 0.143. The van der Waals surface area contributed by atoms with Crippen molar-refractivity contribution in [2.24, 2.45) is 0 Å². The van der Waals surface area contributed by atoms with E-state index in [-0.39, 0.29) is 51.4 Å². The number of hydrogen-bond donors (Lipinski definition) is 0. The van der Waals surface area contributed by atoms with Crippen molar-refractivity contribution in [2.45, 2.75) is 0 Å². The first-order chi connectivity index (χ1) is 7.31. The third-order valence-electron chi connectivity index (χ3n) is 1.56. The smallest absolute Gasteiger partial charge is 0.515 e. The van der Waals surface area contributed by atoms with E-state index >= 15 is 0 Å². The molecule has 0 aliphatic carbocycles. The van der Waals surface area contributed by atoms with E-state index in [0.29, 0.717) is 0 Å². The molecular formula is C7H5BF4KNO3. The maximum Gasteiger partial charge on any atom is 1.00 e. The van der Waals surface area contributed by atoms with Gasteiger partial charge in [-0.3, -0.25) is 10.1 Å². The van der Waals surface area contributed by atoms with Crippen molar-refractivity contribution in [2.75, 3.05) is 6.51 Å². The van der Waals surface area contributed by atoms with E-state index in [1.54, 1.807) is 0 Å². The molecular weight excluding hydrogens is 272 g/mol. The molecule has 1 aromatic carbocycles. The Labute approximate surface area is 136 Å². The Morgan fingerprint density at radius 3 is 2.41 bits per heavy atom. The van der Waals surface area contributed by atoms with Gasteiger partial charge in [0.25, 0.3) is 0 Å². The summed E-state index contributed by atoms with van der Waals surface area (Å²) in [4.78, 5) is 9.37. The van der Waals surface area contributed by atoms with Gasteiger partial charge in [0.15, 0.2) is 5.82 Å². The third kappa shape index (κ3) is 5.34. The number of nitro groups is 1. The number of nitrogens with zero attached hydrogens (tertiary/aromatic N) is 1. The summed E-state index contributed by atoms with van der Waals surface area (Å²) in [5.41, 5.74) is -0.833. The van der Waals surface area contributed by atoms with Gasteiger partial charge in [0.1, 0.15) is 0 Å². The van der Waals surface area contributed by atoms with Gasteiger partial charge >= 0.3 is 64.0 Å². The van der Waals surface area contributed by atoms with Gasteiger partial charge in [-0.2, -0.15) is 0 Å². The summed E-state index contributed by atoms with van der Waals surface area (Å²) in [6.45, 7) is -7.01. The van der Waals surface area contributed by atoms with Gasteiger partial charge in [0, 0.05) is 6.07 Å². The minimum absolute atomic E-state index is 0. The van der Waals surface area contributed by atoms with Crippen molar-refractivity contribution >= 4 is 12.7 Å². The summed E-state index contributed by atoms with van der Waals surface area (Å²) in [7, 11) is 0. The molecule has 0 bridgehead atoms. The van der Waals surface area contributed by atoms with Crippen molar-refractivity contribution in [3.8, 4) is 5.75 Å². The molecule has 0 saturated heterocycles. The van der Waals surface area contributed by atoms with Crippen LogP contribution in [0, 0.1) is 15.9 Å². The molecule has 0 aliphatic rings. The van der Waals surface area contributed by atoms with Crippen LogP contribution in [0.15, 0.2) is 18.2 Å². The largest absolute Gasteiger partial charge is 1.00 e. The van der Waals surface area contributed by atoms with Crippen LogP contribution in [0.4, 0.5) is 23.0 Å². The Bertz CT molecular complexity index is 415. The molecule has 0 amide bonds. The van der Waals surface area contributed by atoms with Crippen LogP contribution >= 0.6 is 0 Å². The molecule has 0 fully saturated rings. The van der Waals surface area contributed by atoms with Crippen molar-refractivity contribution in [3.63, 3.8) is 0 Å². The first kappa shape index (κ1) is 16.8. The first-order valence-electron chi connectivity index (χ1n) is 4.08. The predicted molar refractivity (Wildman–Crippen MR) is 47.6 cm³/mol. The normalized spacial score (nSPS) is 10.6. The van der Waals surface area contributed by atoms with Gasteiger partial charge in [0.2, 0.25) is 5.75 Å². The van der Waals surface area contributed by atoms with E-state index in [4.69, 9.17) is 0 Å². The van der Waals surface area contributed by atoms with Crippen LogP contribution in [-0.4, -0.2) is 18.4 Å². The summed E-state index contributed by atoms with van der Waals surface area (Å²) in [6.07, 6.45) is 0. The molecule has 0 aromatic heterocycles. The molecule has 4 nitrogen and oxygen atoms in total. The van der Waals surface area contributed by atoms with Crippen molar-refractivity contribution < 1.29 is 78.4 Å². The van der Waals surface area contributed by atoms with E-state index in [1.165, 1.54) is 0 Å². The minimum atomic E-state index is -5.29. The molecule has 0 spiro atoms. The van der Waals surface area contributed by atoms with Crippen molar-refractivity contribution in [3.05, 3.63) is 34.1 Å². The molecule has 1 rings (SSSR count). The average molecular weight is 277 g/mol. The Balaban J connectivity index is 0.00000256. The quantitative estimate of drug-likeness (QED) is 0.323. The van der Waals surface area contributed by atoms with Gasteiger partial charge in [-0.15, -0.1) is 0 Å². The topological polar surface area (TPSA) is 52.4 Å². The Kier molecular flexibility index (Phi) is 6.63. The molecule has 0 radical (unpaired) electrons. The summed E-state index contributed by atoms with van der Waals surface area (Å²) in [6, 6.07) is 2.66. The van der Waals surface area contributed by atoms with Crippen LogP contribution in [0.25, 0.3) is 0 Å². The SMILES string of the molecule is O=[N+]([O-])c1cccc(F)c1OC[B-](F)(F)F.[K+]. The fourth-order valence-corrected chi connectivity index (χ4v) is 0.962. The molecule has 1 aromatic rings. The number of halogens is 4. The summed E-state index contributed by atoms with van der Waals surface area (Å²) in [5.74, 6) is -2.19. The molecule has 0 saturated carbocycles. The molecule has 0 heterocycles. The Morgan fingerprint density at radius 2 is 1.94 bits per heavy atom. The number of ether oxygens (including phenoxy) is 1. The minimum Gasteiger partial charge on any atom is -0.515 e. The van der Waals surface area contributed by atoms with E-state index in [0.717, 1.165) is 18.2 Å². The van der Waals surface area contributed by atoms with E-state index < -0.39 is 35.7 Å². The maximum atomic E-state index is 13.0. The van der Waals surface area contributed by atoms with Crippen LogP contribution in [0.2, 0.25) is 0 Å². The second-order valence-electron chi connectivity index (χ2n) is 2.87. The van der Waals surface area contributed by atoms with Crippen LogP contribution in [-0.2, 0) is 0 Å². The summed E-state index contributed by atoms with van der Waals surface area (Å²) < 4.78 is 52.6. The third-order valence-corrected chi connectivity index (χ3v) is 1.56. The maximum absolute atomic E-state index is 13.0. The average Bonchev–Trinajstić information content (AvgIpc) is 2.13. The number of nitro benzene ring substituents is 1. The van der Waals surface area contributed by atoms with Gasteiger partial charge in [-0.1, -0.05) is 6.07 Å². The molecule has 0 aliphatic heterocycles. The number of benzene rings is 1. The van der Waals surface area contributed by atoms with Gasteiger partial charge in [-0.05, 0) is 6.07 Å². The Hall–Kier alpha value is -0.159. The molecule has 0 atom stereocenters. The van der Waals surface area contributed by atoms with E-state index in [1.807, 2.05) is 0 Å². The molecule has 88 valence electrons. The second-order valence-corrected chi connectivity index (χ2v) is 2.87. The van der Waals surface area contributed by atoms with Gasteiger partial charge in [0.05, 0.1) is 11.4 Å². The van der Waals surface area contributed by atoms with Gasteiger partial charge < -0.3 is 17.7 Å². The molecule has 0 unspecified atom stereocenters.